The third-order valence-corrected chi connectivity index (χ3v) is 7.58. The zero-order chi connectivity index (χ0) is 25.4. The highest BCUT2D eigenvalue weighted by atomic mass is 32.2. The molecular formula is C26H24N4O5S. The maximum absolute atomic E-state index is 13.1. The van der Waals surface area contributed by atoms with Crippen LogP contribution in [0.4, 0.5) is 10.5 Å². The highest BCUT2D eigenvalue weighted by Gasteiger charge is 2.37. The van der Waals surface area contributed by atoms with Crippen molar-refractivity contribution in [2.24, 2.45) is 0 Å². The van der Waals surface area contributed by atoms with Crippen molar-refractivity contribution < 1.29 is 19.3 Å². The van der Waals surface area contributed by atoms with E-state index in [4.69, 9.17) is 0 Å². The van der Waals surface area contributed by atoms with Gasteiger partial charge in [-0.25, -0.2) is 0 Å². The molecule has 0 spiro atoms. The number of aromatic nitrogens is 1. The van der Waals surface area contributed by atoms with Crippen molar-refractivity contribution in [2.45, 2.75) is 26.3 Å². The number of nitro benzene ring substituents is 1. The van der Waals surface area contributed by atoms with E-state index in [2.05, 4.69) is 4.57 Å². The number of imide groups is 1. The first-order chi connectivity index (χ1) is 17.3. The molecule has 0 saturated carbocycles. The smallest absolute Gasteiger partial charge is 0.294 e. The second kappa shape index (κ2) is 9.62. The van der Waals surface area contributed by atoms with Gasteiger partial charge in [-0.15, -0.1) is 0 Å². The molecule has 0 bridgehead atoms. The van der Waals surface area contributed by atoms with Crippen LogP contribution in [0.2, 0.25) is 0 Å². The largest absolute Gasteiger partial charge is 0.341 e. The fraction of sp³-hybridized carbons (Fsp3) is 0.269. The summed E-state index contributed by atoms with van der Waals surface area (Å²) in [5.74, 6) is -0.656. The Morgan fingerprint density at radius 3 is 2.47 bits per heavy atom. The Kier molecular flexibility index (Phi) is 6.36. The summed E-state index contributed by atoms with van der Waals surface area (Å²) in [6.07, 6.45) is 3.61. The SMILES string of the molecule is Cc1c(/C=C2/SC(=O)N(CC(=O)N3CCCC3)C2=O)c2ccccc2n1Cc1ccc([N+](=O)[O-])cc1. The van der Waals surface area contributed by atoms with Crippen molar-refractivity contribution >= 4 is 51.5 Å². The lowest BCUT2D eigenvalue weighted by Gasteiger charge is -2.18. The van der Waals surface area contributed by atoms with Gasteiger partial charge in [0, 0.05) is 53.9 Å². The molecule has 184 valence electrons. The summed E-state index contributed by atoms with van der Waals surface area (Å²) in [4.78, 5) is 51.8. The van der Waals surface area contributed by atoms with Gasteiger partial charge in [-0.2, -0.15) is 0 Å². The van der Waals surface area contributed by atoms with Crippen LogP contribution in [0.5, 0.6) is 0 Å². The summed E-state index contributed by atoms with van der Waals surface area (Å²) in [5, 5.41) is 11.5. The number of non-ortho nitro benzene ring substituents is 1. The predicted molar refractivity (Wildman–Crippen MR) is 137 cm³/mol. The van der Waals surface area contributed by atoms with Gasteiger partial charge in [-0.05, 0) is 49.2 Å². The highest BCUT2D eigenvalue weighted by molar-refractivity contribution is 8.18. The van der Waals surface area contributed by atoms with Gasteiger partial charge in [0.1, 0.15) is 6.54 Å². The topological polar surface area (TPSA) is 106 Å². The van der Waals surface area contributed by atoms with Gasteiger partial charge < -0.3 is 9.47 Å². The lowest BCUT2D eigenvalue weighted by molar-refractivity contribution is -0.384. The van der Waals surface area contributed by atoms with Gasteiger partial charge in [-0.1, -0.05) is 30.3 Å². The molecule has 10 heteroatoms. The monoisotopic (exact) mass is 504 g/mol. The highest BCUT2D eigenvalue weighted by Crippen LogP contribution is 2.36. The molecule has 0 unspecified atom stereocenters. The molecule has 1 aromatic heterocycles. The number of hydrogen-bond donors (Lipinski definition) is 0. The maximum Gasteiger partial charge on any atom is 0.294 e. The van der Waals surface area contributed by atoms with Gasteiger partial charge in [0.05, 0.1) is 9.83 Å². The summed E-state index contributed by atoms with van der Waals surface area (Å²) in [7, 11) is 0. The average Bonchev–Trinajstić information content (AvgIpc) is 3.56. The lowest BCUT2D eigenvalue weighted by atomic mass is 10.1. The number of amides is 3. The predicted octanol–water partition coefficient (Wildman–Crippen LogP) is 4.56. The van der Waals surface area contributed by atoms with Crippen molar-refractivity contribution in [1.29, 1.82) is 0 Å². The van der Waals surface area contributed by atoms with E-state index in [0.29, 0.717) is 19.6 Å². The van der Waals surface area contributed by atoms with E-state index < -0.39 is 16.1 Å². The van der Waals surface area contributed by atoms with E-state index in [9.17, 15) is 24.5 Å². The van der Waals surface area contributed by atoms with Gasteiger partial charge in [0.25, 0.3) is 16.8 Å². The number of carbonyl (C=O) groups excluding carboxylic acids is 3. The molecule has 0 aliphatic carbocycles. The van der Waals surface area contributed by atoms with E-state index in [0.717, 1.165) is 57.2 Å². The zero-order valence-corrected chi connectivity index (χ0v) is 20.5. The summed E-state index contributed by atoms with van der Waals surface area (Å²) >= 11 is 0.851. The van der Waals surface area contributed by atoms with Crippen LogP contribution < -0.4 is 0 Å². The Labute approximate surface area is 211 Å². The van der Waals surface area contributed by atoms with Gasteiger partial charge in [0.15, 0.2) is 0 Å². The molecule has 3 heterocycles. The van der Waals surface area contributed by atoms with Crippen molar-refractivity contribution in [3.8, 4) is 0 Å². The van der Waals surface area contributed by atoms with Crippen molar-refractivity contribution in [3.63, 3.8) is 0 Å². The third kappa shape index (κ3) is 4.39. The van der Waals surface area contributed by atoms with Crippen molar-refractivity contribution in [1.82, 2.24) is 14.4 Å². The maximum atomic E-state index is 13.1. The molecule has 2 aliphatic heterocycles. The minimum Gasteiger partial charge on any atom is -0.341 e. The fourth-order valence-electron chi connectivity index (χ4n) is 4.72. The Morgan fingerprint density at radius 1 is 1.08 bits per heavy atom. The van der Waals surface area contributed by atoms with E-state index in [-0.39, 0.29) is 23.0 Å². The quantitative estimate of drug-likeness (QED) is 0.277. The lowest BCUT2D eigenvalue weighted by Crippen LogP contribution is -2.40. The molecule has 36 heavy (non-hydrogen) atoms. The molecule has 9 nitrogen and oxygen atoms in total. The van der Waals surface area contributed by atoms with Crippen LogP contribution in [0.1, 0.15) is 29.7 Å². The van der Waals surface area contributed by atoms with E-state index >= 15 is 0 Å². The van der Waals surface area contributed by atoms with Gasteiger partial charge in [-0.3, -0.25) is 29.4 Å². The number of hydrogen-bond acceptors (Lipinski definition) is 6. The Hall–Kier alpha value is -3.92. The molecule has 5 rings (SSSR count). The number of benzene rings is 2. The molecule has 2 fully saturated rings. The van der Waals surface area contributed by atoms with Crippen LogP contribution in [0.15, 0.2) is 53.4 Å². The summed E-state index contributed by atoms with van der Waals surface area (Å²) in [6.45, 7) is 3.53. The molecule has 0 radical (unpaired) electrons. The van der Waals surface area contributed by atoms with Crippen LogP contribution in [-0.2, 0) is 16.1 Å². The summed E-state index contributed by atoms with van der Waals surface area (Å²) in [5.41, 5.74) is 3.60. The standard InChI is InChI=1S/C26H24N4O5S/c1-17-21(14-23-25(32)29(26(33)36-23)16-24(31)27-12-4-5-13-27)20-6-2-3-7-22(20)28(17)15-18-8-10-19(11-9-18)30(34)35/h2-3,6-11,14H,4-5,12-13,15-16H2,1H3/b23-14+. The number of thioether (sulfide) groups is 1. The van der Waals surface area contributed by atoms with Crippen LogP contribution in [0.3, 0.4) is 0 Å². The Morgan fingerprint density at radius 2 is 1.78 bits per heavy atom. The summed E-state index contributed by atoms with van der Waals surface area (Å²) in [6, 6.07) is 14.2. The molecular weight excluding hydrogens is 480 g/mol. The van der Waals surface area contributed by atoms with E-state index in [1.165, 1.54) is 12.1 Å². The Balaban J connectivity index is 1.45. The number of rotatable bonds is 6. The molecule has 0 N–H and O–H groups in total. The number of nitrogens with zero attached hydrogens (tertiary/aromatic N) is 4. The van der Waals surface area contributed by atoms with Crippen LogP contribution in [0, 0.1) is 17.0 Å². The fourth-order valence-corrected chi connectivity index (χ4v) is 5.54. The molecule has 0 atom stereocenters. The van der Waals surface area contributed by atoms with Gasteiger partial charge >= 0.3 is 0 Å². The van der Waals surface area contributed by atoms with Crippen molar-refractivity contribution in [3.05, 3.63) is 80.4 Å². The first-order valence-corrected chi connectivity index (χ1v) is 12.5. The Bertz CT molecular complexity index is 1420. The van der Waals surface area contributed by atoms with Crippen LogP contribution in [0.25, 0.3) is 17.0 Å². The number of nitro groups is 1. The number of para-hydroxylation sites is 1. The van der Waals surface area contributed by atoms with E-state index in [1.807, 2.05) is 31.2 Å². The first-order valence-electron chi connectivity index (χ1n) is 11.7. The minimum atomic E-state index is -0.454. The number of likely N-dealkylation sites (tertiary alicyclic amines) is 1. The second-order valence-electron chi connectivity index (χ2n) is 8.88. The van der Waals surface area contributed by atoms with Gasteiger partial charge in [0.2, 0.25) is 5.91 Å². The second-order valence-corrected chi connectivity index (χ2v) is 9.87. The van der Waals surface area contributed by atoms with Crippen LogP contribution in [-0.4, -0.2) is 56.0 Å². The molecule has 2 aliphatic rings. The number of carbonyl (C=O) groups is 3. The third-order valence-electron chi connectivity index (χ3n) is 6.67. The van der Waals surface area contributed by atoms with E-state index in [1.54, 1.807) is 23.1 Å². The first kappa shape index (κ1) is 23.8. The molecule has 3 aromatic rings. The van der Waals surface area contributed by atoms with Crippen molar-refractivity contribution in [2.75, 3.05) is 19.6 Å². The zero-order valence-electron chi connectivity index (χ0n) is 19.7. The molecule has 2 aromatic carbocycles. The molecule has 3 amide bonds. The minimum absolute atomic E-state index is 0.0347. The molecule has 2 saturated heterocycles. The number of fused-ring (bicyclic) bond motifs is 1. The summed E-state index contributed by atoms with van der Waals surface area (Å²) < 4.78 is 2.09. The average molecular weight is 505 g/mol. The van der Waals surface area contributed by atoms with Crippen LogP contribution >= 0.6 is 11.8 Å². The normalized spacial score (nSPS) is 17.1.